The first-order chi connectivity index (χ1) is 16.5. The van der Waals surface area contributed by atoms with E-state index in [4.69, 9.17) is 18.9 Å². The summed E-state index contributed by atoms with van der Waals surface area (Å²) in [5.74, 6) is -1.76. The van der Waals surface area contributed by atoms with Crippen LogP contribution in [0.5, 0.6) is 0 Å². The number of carbonyl (C=O) groups is 2. The second-order valence-corrected chi connectivity index (χ2v) is 9.64. The van der Waals surface area contributed by atoms with E-state index in [-0.39, 0.29) is 44.2 Å². The van der Waals surface area contributed by atoms with E-state index in [0.29, 0.717) is 6.42 Å². The van der Waals surface area contributed by atoms with Gasteiger partial charge >= 0.3 is 0 Å². The molecule has 0 radical (unpaired) electrons. The van der Waals surface area contributed by atoms with Crippen LogP contribution in [0, 0.1) is 11.8 Å². The van der Waals surface area contributed by atoms with E-state index in [9.17, 15) is 30.0 Å². The number of rotatable bonds is 11. The minimum Gasteiger partial charge on any atom is -0.394 e. The zero-order chi connectivity index (χ0) is 26.3. The number of aliphatic hydroxyl groups is 4. The van der Waals surface area contributed by atoms with Crippen LogP contribution in [0.2, 0.25) is 0 Å². The Hall–Kier alpha value is -1.38. The molecule has 4 unspecified atom stereocenters. The van der Waals surface area contributed by atoms with Crippen molar-refractivity contribution in [2.75, 3.05) is 40.1 Å². The van der Waals surface area contributed by atoms with E-state index < -0.39 is 60.7 Å². The van der Waals surface area contributed by atoms with Gasteiger partial charge in [0, 0.05) is 32.8 Å². The molecule has 2 saturated heterocycles. The van der Waals surface area contributed by atoms with Crippen LogP contribution in [-0.2, 0) is 28.5 Å². The SMILES string of the molecule is CC[C@@H]1C(CO)O[C@@H](COC[C@@H]2C(CO)O[C@@](C)(COC)C(NC(C)=O)[C@@H]2O)C(NC(C)=O)[C@@H]1O. The van der Waals surface area contributed by atoms with Crippen molar-refractivity contribution in [1.82, 2.24) is 10.6 Å². The maximum atomic E-state index is 11.8. The lowest BCUT2D eigenvalue weighted by Gasteiger charge is -2.50. The van der Waals surface area contributed by atoms with Gasteiger partial charge in [-0.1, -0.05) is 6.92 Å². The van der Waals surface area contributed by atoms with Crippen molar-refractivity contribution in [3.05, 3.63) is 0 Å². The molecule has 2 fully saturated rings. The predicted octanol–water partition coefficient (Wildman–Crippen LogP) is -2.07. The molecule has 0 spiro atoms. The van der Waals surface area contributed by atoms with Gasteiger partial charge in [-0.2, -0.15) is 0 Å². The van der Waals surface area contributed by atoms with Gasteiger partial charge < -0.3 is 50.0 Å². The minimum absolute atomic E-state index is 0.0591. The lowest BCUT2D eigenvalue weighted by molar-refractivity contribution is -0.238. The summed E-state index contributed by atoms with van der Waals surface area (Å²) in [5, 5.41) is 47.1. The molecule has 35 heavy (non-hydrogen) atoms. The number of nitrogens with one attached hydrogen (secondary N) is 2. The highest BCUT2D eigenvalue weighted by Gasteiger charge is 2.52. The topological polar surface area (TPSA) is 176 Å². The van der Waals surface area contributed by atoms with Crippen molar-refractivity contribution in [2.24, 2.45) is 11.8 Å². The number of aliphatic hydroxyl groups excluding tert-OH is 4. The van der Waals surface area contributed by atoms with Crippen LogP contribution in [0.25, 0.3) is 0 Å². The monoisotopic (exact) mass is 506 g/mol. The second kappa shape index (κ2) is 13.2. The maximum absolute atomic E-state index is 11.8. The zero-order valence-corrected chi connectivity index (χ0v) is 21.2. The molecule has 0 saturated carbocycles. The number of amides is 2. The van der Waals surface area contributed by atoms with Crippen LogP contribution >= 0.6 is 0 Å². The summed E-state index contributed by atoms with van der Waals surface area (Å²) in [6, 6.07) is -1.57. The normalized spacial score (nSPS) is 39.7. The molecule has 12 heteroatoms. The Labute approximate surface area is 206 Å². The van der Waals surface area contributed by atoms with Gasteiger partial charge in [-0.25, -0.2) is 0 Å². The van der Waals surface area contributed by atoms with Crippen LogP contribution in [-0.4, -0.2) is 121 Å². The largest absolute Gasteiger partial charge is 0.394 e. The number of methoxy groups -OCH3 is 1. The Bertz CT molecular complexity index is 697. The zero-order valence-electron chi connectivity index (χ0n) is 21.2. The minimum atomic E-state index is -1.12. The van der Waals surface area contributed by atoms with E-state index in [0.717, 1.165) is 0 Å². The Morgan fingerprint density at radius 1 is 0.943 bits per heavy atom. The highest BCUT2D eigenvalue weighted by Crippen LogP contribution is 2.34. The van der Waals surface area contributed by atoms with Gasteiger partial charge in [0.2, 0.25) is 11.8 Å². The Morgan fingerprint density at radius 2 is 1.57 bits per heavy atom. The Kier molecular flexibility index (Phi) is 11.3. The summed E-state index contributed by atoms with van der Waals surface area (Å²) in [6.07, 6.45) is -3.70. The number of ether oxygens (including phenoxy) is 4. The third-order valence-corrected chi connectivity index (χ3v) is 6.95. The van der Waals surface area contributed by atoms with Crippen LogP contribution in [0.1, 0.15) is 34.1 Å². The summed E-state index contributed by atoms with van der Waals surface area (Å²) in [5.41, 5.74) is -1.08. The van der Waals surface area contributed by atoms with Crippen LogP contribution < -0.4 is 10.6 Å². The Balaban J connectivity index is 2.15. The highest BCUT2D eigenvalue weighted by molar-refractivity contribution is 5.73. The van der Waals surface area contributed by atoms with Gasteiger partial charge in [0.15, 0.2) is 0 Å². The molecular formula is C23H42N2O10. The molecule has 0 aliphatic carbocycles. The van der Waals surface area contributed by atoms with Crippen molar-refractivity contribution in [2.45, 2.75) is 82.3 Å². The first-order valence-corrected chi connectivity index (χ1v) is 12.0. The summed E-state index contributed by atoms with van der Waals surface area (Å²) in [7, 11) is 1.47. The van der Waals surface area contributed by atoms with Gasteiger partial charge in [0.1, 0.15) is 11.7 Å². The van der Waals surface area contributed by atoms with Crippen LogP contribution in [0.4, 0.5) is 0 Å². The van der Waals surface area contributed by atoms with Gasteiger partial charge in [-0.05, 0) is 13.3 Å². The lowest BCUT2D eigenvalue weighted by Crippen LogP contribution is -2.69. The molecule has 2 heterocycles. The van der Waals surface area contributed by atoms with Crippen molar-refractivity contribution in [3.63, 3.8) is 0 Å². The average Bonchev–Trinajstić information content (AvgIpc) is 2.79. The standard InChI is InChI=1S/C23H42N2O10/c1-6-14-16(7-26)34-18(19(20(14)30)24-12(2)28)10-33-9-15-17(8-27)35-23(4,11-32-5)22(21(15)31)25-13(3)29/h14-22,26-27,30-31H,6-11H2,1-5H3,(H,24,28)(H,25,29)/t14-,15-,16?,17?,18+,19?,20-,21-,22?,23+/m1/s1. The van der Waals surface area contributed by atoms with Gasteiger partial charge in [0.25, 0.3) is 0 Å². The van der Waals surface area contributed by atoms with Crippen molar-refractivity contribution in [1.29, 1.82) is 0 Å². The second-order valence-electron chi connectivity index (χ2n) is 9.64. The van der Waals surface area contributed by atoms with E-state index in [1.807, 2.05) is 6.92 Å². The number of hydrogen-bond acceptors (Lipinski definition) is 10. The molecule has 204 valence electrons. The first-order valence-electron chi connectivity index (χ1n) is 12.0. The van der Waals surface area contributed by atoms with Crippen molar-refractivity contribution < 1.29 is 49.0 Å². The molecule has 12 nitrogen and oxygen atoms in total. The van der Waals surface area contributed by atoms with Gasteiger partial charge in [-0.3, -0.25) is 9.59 Å². The summed E-state index contributed by atoms with van der Waals surface area (Å²) in [6.45, 7) is 5.49. The fraction of sp³-hybridized carbons (Fsp3) is 0.913. The first kappa shape index (κ1) is 29.8. The summed E-state index contributed by atoms with van der Waals surface area (Å²) >= 11 is 0. The highest BCUT2D eigenvalue weighted by atomic mass is 16.6. The fourth-order valence-corrected chi connectivity index (χ4v) is 5.26. The van der Waals surface area contributed by atoms with Crippen LogP contribution in [0.3, 0.4) is 0 Å². The third-order valence-electron chi connectivity index (χ3n) is 6.95. The molecule has 0 bridgehead atoms. The fourth-order valence-electron chi connectivity index (χ4n) is 5.26. The molecule has 2 aliphatic rings. The molecule has 0 aromatic heterocycles. The van der Waals surface area contributed by atoms with Gasteiger partial charge in [0.05, 0.1) is 69.5 Å². The van der Waals surface area contributed by atoms with E-state index in [2.05, 4.69) is 10.6 Å². The molecule has 2 aliphatic heterocycles. The maximum Gasteiger partial charge on any atom is 0.217 e. The molecule has 2 amide bonds. The Morgan fingerprint density at radius 3 is 2.09 bits per heavy atom. The van der Waals surface area contributed by atoms with Crippen molar-refractivity contribution >= 4 is 11.8 Å². The summed E-state index contributed by atoms with van der Waals surface area (Å²) in [4.78, 5) is 23.5. The molecule has 6 N–H and O–H groups in total. The number of hydrogen-bond donors (Lipinski definition) is 6. The van der Waals surface area contributed by atoms with E-state index in [1.165, 1.54) is 21.0 Å². The smallest absolute Gasteiger partial charge is 0.217 e. The van der Waals surface area contributed by atoms with Crippen LogP contribution in [0.15, 0.2) is 0 Å². The molecule has 2 rings (SSSR count). The molecule has 0 aromatic carbocycles. The molecule has 10 atom stereocenters. The molecular weight excluding hydrogens is 464 g/mol. The van der Waals surface area contributed by atoms with E-state index >= 15 is 0 Å². The van der Waals surface area contributed by atoms with E-state index in [1.54, 1.807) is 6.92 Å². The molecule has 0 aromatic rings. The quantitative estimate of drug-likeness (QED) is 0.183. The lowest BCUT2D eigenvalue weighted by atomic mass is 9.79. The van der Waals surface area contributed by atoms with Crippen molar-refractivity contribution in [3.8, 4) is 0 Å². The predicted molar refractivity (Wildman–Crippen MR) is 123 cm³/mol. The number of carbonyl (C=O) groups excluding carboxylic acids is 2. The summed E-state index contributed by atoms with van der Waals surface area (Å²) < 4.78 is 23.1. The average molecular weight is 507 g/mol. The third kappa shape index (κ3) is 7.10. The van der Waals surface area contributed by atoms with Gasteiger partial charge in [-0.15, -0.1) is 0 Å².